The molecule has 9 heteroatoms. The van der Waals surface area contributed by atoms with Crippen molar-refractivity contribution in [3.8, 4) is 0 Å². The van der Waals surface area contributed by atoms with Crippen LogP contribution in [0.3, 0.4) is 0 Å². The van der Waals surface area contributed by atoms with Gasteiger partial charge in [0, 0.05) is 6.42 Å². The highest BCUT2D eigenvalue weighted by atomic mass is 31.2. The summed E-state index contributed by atoms with van der Waals surface area (Å²) in [5, 5.41) is 0. The van der Waals surface area contributed by atoms with Crippen molar-refractivity contribution in [2.75, 3.05) is 47.5 Å². The fourth-order valence-electron chi connectivity index (χ4n) is 5.39. The second-order valence-electron chi connectivity index (χ2n) is 14.7. The highest BCUT2D eigenvalue weighted by molar-refractivity contribution is 7.47. The Morgan fingerprint density at radius 3 is 1.57 bits per heavy atom. The van der Waals surface area contributed by atoms with E-state index < -0.39 is 13.9 Å². The van der Waals surface area contributed by atoms with E-state index >= 15 is 0 Å². The molecule has 290 valence electrons. The van der Waals surface area contributed by atoms with Crippen molar-refractivity contribution in [1.29, 1.82) is 0 Å². The quantitative estimate of drug-likeness (QED) is 0.0171. The highest BCUT2D eigenvalue weighted by Crippen LogP contribution is 2.43. The van der Waals surface area contributed by atoms with E-state index in [0.717, 1.165) is 44.9 Å². The summed E-state index contributed by atoms with van der Waals surface area (Å²) < 4.78 is 34.6. The van der Waals surface area contributed by atoms with Gasteiger partial charge in [-0.3, -0.25) is 13.8 Å². The van der Waals surface area contributed by atoms with Crippen molar-refractivity contribution >= 4 is 13.8 Å². The van der Waals surface area contributed by atoms with Crippen LogP contribution in [0.2, 0.25) is 0 Å². The lowest BCUT2D eigenvalue weighted by molar-refractivity contribution is -0.870. The monoisotopic (exact) mass is 717 g/mol. The SMILES string of the molecule is CCCCCCCC/C=C/CCCCCC(=O)O[C@H](CO/C=C/CCCCCCCCCCCCCC)COP(=O)(O)OCC[N+](C)(C)C. The first-order valence-electron chi connectivity index (χ1n) is 20.1. The number of carbonyl (C=O) groups is 1. The number of phosphoric acid groups is 1. The first-order valence-corrected chi connectivity index (χ1v) is 21.6. The van der Waals surface area contributed by atoms with E-state index in [9.17, 15) is 14.3 Å². The van der Waals surface area contributed by atoms with Gasteiger partial charge in [0.1, 0.15) is 19.8 Å². The largest absolute Gasteiger partial charge is 0.498 e. The number of nitrogens with zero attached hydrogens (tertiary/aromatic N) is 1. The number of ether oxygens (including phenoxy) is 2. The molecule has 0 aliphatic rings. The lowest BCUT2D eigenvalue weighted by Crippen LogP contribution is -2.37. The third-order valence-corrected chi connectivity index (χ3v) is 9.56. The minimum absolute atomic E-state index is 0.0446. The van der Waals surface area contributed by atoms with Crippen LogP contribution in [0.15, 0.2) is 24.5 Å². The Balaban J connectivity index is 4.36. The zero-order valence-electron chi connectivity index (χ0n) is 32.7. The molecule has 8 nitrogen and oxygen atoms in total. The molecule has 0 aromatic carbocycles. The van der Waals surface area contributed by atoms with E-state index in [4.69, 9.17) is 18.5 Å². The minimum atomic E-state index is -4.28. The van der Waals surface area contributed by atoms with Gasteiger partial charge in [0.2, 0.25) is 0 Å². The van der Waals surface area contributed by atoms with Crippen molar-refractivity contribution in [3.05, 3.63) is 24.5 Å². The molecule has 0 saturated heterocycles. The second kappa shape index (κ2) is 33.9. The van der Waals surface area contributed by atoms with Gasteiger partial charge in [0.25, 0.3) is 0 Å². The van der Waals surface area contributed by atoms with E-state index in [1.807, 2.05) is 27.2 Å². The summed E-state index contributed by atoms with van der Waals surface area (Å²) in [7, 11) is 1.63. The number of phosphoric ester groups is 1. The standard InChI is InChI=1S/C40H78NO7P/c1-6-8-10-12-14-16-18-20-22-24-26-28-30-32-35-45-37-39(38-47-49(43,44)46-36-34-41(3,4)5)48-40(42)33-31-29-27-25-23-21-19-17-15-13-11-9-7-2/h21,23,32,35,39H,6-20,22,24-31,33-34,36-38H2,1-5H3/p+1/b23-21+,35-32+/t39-/m1/s1. The topological polar surface area (TPSA) is 91.3 Å². The Kier molecular flexibility index (Phi) is 33.1. The van der Waals surface area contributed by atoms with E-state index in [1.165, 1.54) is 109 Å². The molecule has 0 amide bonds. The smallest absolute Gasteiger partial charge is 0.472 e. The van der Waals surface area contributed by atoms with Crippen molar-refractivity contribution in [2.24, 2.45) is 0 Å². The van der Waals surface area contributed by atoms with Crippen LogP contribution >= 0.6 is 7.82 Å². The predicted molar refractivity (Wildman–Crippen MR) is 206 cm³/mol. The van der Waals surface area contributed by atoms with Crippen LogP contribution in [-0.4, -0.2) is 69.0 Å². The summed E-state index contributed by atoms with van der Waals surface area (Å²) in [5.74, 6) is -0.352. The molecule has 0 rings (SSSR count). The van der Waals surface area contributed by atoms with Crippen LogP contribution < -0.4 is 0 Å². The molecule has 0 spiro atoms. The molecule has 0 aliphatic heterocycles. The van der Waals surface area contributed by atoms with E-state index in [2.05, 4.69) is 26.0 Å². The van der Waals surface area contributed by atoms with E-state index in [0.29, 0.717) is 17.4 Å². The number of rotatable bonds is 37. The van der Waals surface area contributed by atoms with E-state index in [1.54, 1.807) is 6.26 Å². The molecule has 0 aromatic rings. The maximum Gasteiger partial charge on any atom is 0.472 e. The van der Waals surface area contributed by atoms with Gasteiger partial charge in [0.15, 0.2) is 6.10 Å². The summed E-state index contributed by atoms with van der Waals surface area (Å²) >= 11 is 0. The zero-order chi connectivity index (χ0) is 36.3. The van der Waals surface area contributed by atoms with Crippen LogP contribution in [-0.2, 0) is 27.9 Å². The summed E-state index contributed by atoms with van der Waals surface area (Å²) in [6.45, 7) is 4.90. The lowest BCUT2D eigenvalue weighted by Gasteiger charge is -2.24. The van der Waals surface area contributed by atoms with Gasteiger partial charge in [-0.1, -0.05) is 135 Å². The number of allylic oxidation sites excluding steroid dienone is 3. The number of quaternary nitrogens is 1. The Morgan fingerprint density at radius 2 is 1.08 bits per heavy atom. The first-order chi connectivity index (χ1) is 23.6. The van der Waals surface area contributed by atoms with E-state index in [-0.39, 0.29) is 25.8 Å². The van der Waals surface area contributed by atoms with Gasteiger partial charge in [0.05, 0.1) is 34.0 Å². The van der Waals surface area contributed by atoms with Gasteiger partial charge in [-0.25, -0.2) is 4.57 Å². The molecule has 0 bridgehead atoms. The number of carbonyl (C=O) groups excluding carboxylic acids is 1. The van der Waals surface area contributed by atoms with Gasteiger partial charge < -0.3 is 18.9 Å². The fraction of sp³-hybridized carbons (Fsp3) is 0.875. The van der Waals surface area contributed by atoms with Gasteiger partial charge in [-0.15, -0.1) is 0 Å². The Hall–Kier alpha value is -1.18. The maximum absolute atomic E-state index is 12.6. The molecule has 0 heterocycles. The minimum Gasteiger partial charge on any atom is -0.498 e. The lowest BCUT2D eigenvalue weighted by atomic mass is 10.0. The number of hydrogen-bond donors (Lipinski definition) is 1. The van der Waals surface area contributed by atoms with Crippen LogP contribution in [0.1, 0.15) is 174 Å². The van der Waals surface area contributed by atoms with Gasteiger partial charge >= 0.3 is 13.8 Å². The Bertz CT molecular complexity index is 843. The third kappa shape index (κ3) is 37.9. The van der Waals surface area contributed by atoms with Crippen LogP contribution in [0.5, 0.6) is 0 Å². The summed E-state index contributed by atoms with van der Waals surface area (Å²) in [4.78, 5) is 22.7. The van der Waals surface area contributed by atoms with Crippen molar-refractivity contribution in [3.63, 3.8) is 0 Å². The molecule has 0 saturated carbocycles. The maximum atomic E-state index is 12.6. The number of likely N-dealkylation sites (N-methyl/N-ethyl adjacent to an activating group) is 1. The molecule has 0 aromatic heterocycles. The van der Waals surface area contributed by atoms with Crippen molar-refractivity contribution in [1.82, 2.24) is 0 Å². The zero-order valence-corrected chi connectivity index (χ0v) is 33.6. The van der Waals surface area contributed by atoms with Crippen LogP contribution in [0.25, 0.3) is 0 Å². The summed E-state index contributed by atoms with van der Waals surface area (Å²) in [5.41, 5.74) is 0. The molecule has 1 N–H and O–H groups in total. The number of hydrogen-bond acceptors (Lipinski definition) is 6. The third-order valence-electron chi connectivity index (χ3n) is 8.58. The molecule has 0 aliphatic carbocycles. The van der Waals surface area contributed by atoms with Gasteiger partial charge in [-0.2, -0.15) is 0 Å². The Labute approximate surface area is 303 Å². The number of esters is 1. The summed E-state index contributed by atoms with van der Waals surface area (Å²) in [6, 6.07) is 0. The molecule has 0 fully saturated rings. The van der Waals surface area contributed by atoms with Gasteiger partial charge in [-0.05, 0) is 51.0 Å². The first kappa shape index (κ1) is 47.8. The number of unbranched alkanes of at least 4 members (excludes halogenated alkanes) is 21. The molecule has 49 heavy (non-hydrogen) atoms. The van der Waals surface area contributed by atoms with Crippen molar-refractivity contribution < 1.29 is 37.3 Å². The highest BCUT2D eigenvalue weighted by Gasteiger charge is 2.26. The second-order valence-corrected chi connectivity index (χ2v) is 16.2. The normalized spacial score (nSPS) is 14.1. The molecule has 0 radical (unpaired) electrons. The molecule has 1 unspecified atom stereocenters. The molecular formula is C40H79NO7P+. The summed E-state index contributed by atoms with van der Waals surface area (Å²) in [6.07, 6.45) is 37.3. The molecule has 2 atom stereocenters. The van der Waals surface area contributed by atoms with Crippen molar-refractivity contribution in [2.45, 2.75) is 180 Å². The molecular weight excluding hydrogens is 637 g/mol. The fourth-order valence-corrected chi connectivity index (χ4v) is 6.14. The average molecular weight is 717 g/mol. The Morgan fingerprint density at radius 1 is 0.633 bits per heavy atom. The van der Waals surface area contributed by atoms with Crippen LogP contribution in [0.4, 0.5) is 0 Å². The predicted octanol–water partition coefficient (Wildman–Crippen LogP) is 11.6. The van der Waals surface area contributed by atoms with Crippen LogP contribution in [0, 0.1) is 0 Å². The average Bonchev–Trinajstić information content (AvgIpc) is 3.04.